The Morgan fingerprint density at radius 2 is 2.00 bits per heavy atom. The van der Waals surface area contributed by atoms with E-state index in [1.54, 1.807) is 7.11 Å². The summed E-state index contributed by atoms with van der Waals surface area (Å²) in [5, 5.41) is 9.31. The van der Waals surface area contributed by atoms with Gasteiger partial charge in [-0.15, -0.1) is 0 Å². The highest BCUT2D eigenvalue weighted by molar-refractivity contribution is 5.59. The van der Waals surface area contributed by atoms with Gasteiger partial charge in [-0.25, -0.2) is 0 Å². The molecule has 0 radical (unpaired) electrons. The molecule has 0 aromatic heterocycles. The highest BCUT2D eigenvalue weighted by atomic mass is 16.5. The average Bonchev–Trinajstić information content (AvgIpc) is 2.28. The van der Waals surface area contributed by atoms with E-state index in [0.717, 1.165) is 18.0 Å². The summed E-state index contributed by atoms with van der Waals surface area (Å²) in [5.41, 5.74) is 2.15. The van der Waals surface area contributed by atoms with E-state index in [1.807, 2.05) is 33.0 Å². The summed E-state index contributed by atoms with van der Waals surface area (Å²) < 4.78 is 5.37. The fourth-order valence-corrected chi connectivity index (χ4v) is 1.88. The summed E-state index contributed by atoms with van der Waals surface area (Å²) >= 11 is 0. The van der Waals surface area contributed by atoms with Crippen molar-refractivity contribution in [2.75, 3.05) is 32.2 Å². The minimum atomic E-state index is -0.122. The van der Waals surface area contributed by atoms with E-state index in [-0.39, 0.29) is 12.0 Å². The Morgan fingerprint density at radius 1 is 1.35 bits per heavy atom. The third-order valence-electron chi connectivity index (χ3n) is 2.84. The summed E-state index contributed by atoms with van der Waals surface area (Å²) in [6.45, 7) is 7.11. The number of benzene rings is 1. The number of aliphatic hydroxyl groups excluding tert-OH is 1. The molecule has 3 heteroatoms. The highest BCUT2D eigenvalue weighted by Gasteiger charge is 2.20. The van der Waals surface area contributed by atoms with Crippen molar-refractivity contribution in [2.24, 2.45) is 5.41 Å². The van der Waals surface area contributed by atoms with E-state index < -0.39 is 0 Å². The Hall–Kier alpha value is -1.22. The first-order valence-corrected chi connectivity index (χ1v) is 5.86. The Labute approximate surface area is 104 Å². The lowest BCUT2D eigenvalue weighted by molar-refractivity contribution is 0.165. The van der Waals surface area contributed by atoms with Gasteiger partial charge in [0.05, 0.1) is 12.8 Å². The van der Waals surface area contributed by atoms with E-state index in [1.165, 1.54) is 5.56 Å². The zero-order valence-corrected chi connectivity index (χ0v) is 11.4. The van der Waals surface area contributed by atoms with E-state index in [9.17, 15) is 5.11 Å². The number of ether oxygens (including phenoxy) is 1. The van der Waals surface area contributed by atoms with Gasteiger partial charge >= 0.3 is 0 Å². The second kappa shape index (κ2) is 5.41. The van der Waals surface area contributed by atoms with Crippen molar-refractivity contribution in [3.05, 3.63) is 23.8 Å². The predicted molar refractivity (Wildman–Crippen MR) is 71.9 cm³/mol. The number of rotatable bonds is 5. The van der Waals surface area contributed by atoms with Crippen molar-refractivity contribution in [1.82, 2.24) is 0 Å². The number of hydrogen-bond acceptors (Lipinski definition) is 3. The molecule has 1 N–H and O–H groups in total. The minimum absolute atomic E-state index is 0.122. The molecule has 1 aromatic rings. The highest BCUT2D eigenvalue weighted by Crippen LogP contribution is 2.30. The number of hydrogen-bond donors (Lipinski definition) is 1. The zero-order chi connectivity index (χ0) is 13.1. The van der Waals surface area contributed by atoms with Gasteiger partial charge in [-0.3, -0.25) is 0 Å². The molecule has 0 fully saturated rings. The van der Waals surface area contributed by atoms with E-state index in [2.05, 4.69) is 17.9 Å². The van der Waals surface area contributed by atoms with Crippen LogP contribution in [0.15, 0.2) is 18.2 Å². The predicted octanol–water partition coefficient (Wildman–Crippen LogP) is 2.46. The number of anilines is 1. The third kappa shape index (κ3) is 3.63. The first kappa shape index (κ1) is 13.8. The van der Waals surface area contributed by atoms with Crippen LogP contribution in [0.5, 0.6) is 5.75 Å². The molecule has 17 heavy (non-hydrogen) atoms. The Kier molecular flexibility index (Phi) is 4.40. The van der Waals surface area contributed by atoms with Crippen molar-refractivity contribution >= 4 is 5.69 Å². The minimum Gasteiger partial charge on any atom is -0.495 e. The monoisotopic (exact) mass is 237 g/mol. The second-order valence-corrected chi connectivity index (χ2v) is 5.35. The van der Waals surface area contributed by atoms with Gasteiger partial charge in [-0.1, -0.05) is 19.9 Å². The lowest BCUT2D eigenvalue weighted by Gasteiger charge is -2.31. The van der Waals surface area contributed by atoms with E-state index >= 15 is 0 Å². The number of aryl methyl sites for hydroxylation is 1. The molecule has 0 aliphatic carbocycles. The molecule has 1 rings (SSSR count). The second-order valence-electron chi connectivity index (χ2n) is 5.35. The fraction of sp³-hybridized carbons (Fsp3) is 0.571. The standard InChI is InChI=1S/C14H23NO2/c1-11-6-7-13(17-5)12(8-11)15(4)9-14(2,3)10-16/h6-8,16H,9-10H2,1-5H3. The number of methoxy groups -OCH3 is 1. The van der Waals surface area contributed by atoms with Crippen molar-refractivity contribution < 1.29 is 9.84 Å². The van der Waals surface area contributed by atoms with Crippen molar-refractivity contribution in [1.29, 1.82) is 0 Å². The van der Waals surface area contributed by atoms with Gasteiger partial charge in [0, 0.05) is 25.6 Å². The van der Waals surface area contributed by atoms with Crippen molar-refractivity contribution in [2.45, 2.75) is 20.8 Å². The average molecular weight is 237 g/mol. The van der Waals surface area contributed by atoms with Gasteiger partial charge in [0.15, 0.2) is 0 Å². The third-order valence-corrected chi connectivity index (χ3v) is 2.84. The number of aliphatic hydroxyl groups is 1. The molecule has 96 valence electrons. The molecule has 0 saturated carbocycles. The molecule has 0 bridgehead atoms. The van der Waals surface area contributed by atoms with Gasteiger partial charge in [0.2, 0.25) is 0 Å². The topological polar surface area (TPSA) is 32.7 Å². The van der Waals surface area contributed by atoms with Crippen LogP contribution in [0, 0.1) is 12.3 Å². The SMILES string of the molecule is COc1ccc(C)cc1N(C)CC(C)(C)CO. The van der Waals surface area contributed by atoms with Crippen LogP contribution in [0.4, 0.5) is 5.69 Å². The quantitative estimate of drug-likeness (QED) is 0.854. The first-order valence-electron chi connectivity index (χ1n) is 5.86. The summed E-state index contributed by atoms with van der Waals surface area (Å²) in [7, 11) is 3.70. The lowest BCUT2D eigenvalue weighted by atomic mass is 9.94. The molecule has 0 heterocycles. The van der Waals surface area contributed by atoms with Crippen LogP contribution < -0.4 is 9.64 Å². The van der Waals surface area contributed by atoms with Gasteiger partial charge < -0.3 is 14.7 Å². The molecule has 0 aliphatic rings. The summed E-state index contributed by atoms with van der Waals surface area (Å²) in [5.74, 6) is 0.867. The van der Waals surface area contributed by atoms with E-state index in [4.69, 9.17) is 4.74 Å². The summed E-state index contributed by atoms with van der Waals surface area (Å²) in [6.07, 6.45) is 0. The van der Waals surface area contributed by atoms with Crippen LogP contribution in [0.25, 0.3) is 0 Å². The van der Waals surface area contributed by atoms with Crippen LogP contribution in [0.2, 0.25) is 0 Å². The van der Waals surface area contributed by atoms with E-state index in [0.29, 0.717) is 0 Å². The van der Waals surface area contributed by atoms with Crippen LogP contribution in [-0.4, -0.2) is 32.4 Å². The molecule has 0 unspecified atom stereocenters. The van der Waals surface area contributed by atoms with Crippen LogP contribution >= 0.6 is 0 Å². The molecule has 3 nitrogen and oxygen atoms in total. The Morgan fingerprint density at radius 3 is 2.53 bits per heavy atom. The molecular formula is C14H23NO2. The van der Waals surface area contributed by atoms with Crippen LogP contribution in [0.3, 0.4) is 0 Å². The normalized spacial score (nSPS) is 11.4. The maximum atomic E-state index is 9.31. The van der Waals surface area contributed by atoms with Gasteiger partial charge in [-0.05, 0) is 24.6 Å². The van der Waals surface area contributed by atoms with Crippen LogP contribution in [-0.2, 0) is 0 Å². The zero-order valence-electron chi connectivity index (χ0n) is 11.4. The molecule has 0 spiro atoms. The molecule has 0 amide bonds. The van der Waals surface area contributed by atoms with Crippen molar-refractivity contribution in [3.63, 3.8) is 0 Å². The smallest absolute Gasteiger partial charge is 0.142 e. The van der Waals surface area contributed by atoms with Crippen LogP contribution in [0.1, 0.15) is 19.4 Å². The Bertz CT molecular complexity index is 374. The van der Waals surface area contributed by atoms with Gasteiger partial charge in [-0.2, -0.15) is 0 Å². The molecule has 1 aromatic carbocycles. The maximum absolute atomic E-state index is 9.31. The number of nitrogens with zero attached hydrogens (tertiary/aromatic N) is 1. The molecule has 0 saturated heterocycles. The van der Waals surface area contributed by atoms with Crippen molar-refractivity contribution in [3.8, 4) is 5.75 Å². The fourth-order valence-electron chi connectivity index (χ4n) is 1.88. The maximum Gasteiger partial charge on any atom is 0.142 e. The lowest BCUT2D eigenvalue weighted by Crippen LogP contribution is -2.34. The van der Waals surface area contributed by atoms with Gasteiger partial charge in [0.25, 0.3) is 0 Å². The summed E-state index contributed by atoms with van der Waals surface area (Å²) in [4.78, 5) is 2.13. The first-order chi connectivity index (χ1) is 7.89. The van der Waals surface area contributed by atoms with Gasteiger partial charge in [0.1, 0.15) is 5.75 Å². The largest absolute Gasteiger partial charge is 0.495 e. The molecular weight excluding hydrogens is 214 g/mol. The molecule has 0 aliphatic heterocycles. The molecule has 0 atom stereocenters. The summed E-state index contributed by atoms with van der Waals surface area (Å²) in [6, 6.07) is 6.12. The Balaban J connectivity index is 2.95.